The van der Waals surface area contributed by atoms with Crippen LogP contribution in [-0.2, 0) is 6.42 Å². The Hall–Kier alpha value is -1.29. The Labute approximate surface area is 99.1 Å². The van der Waals surface area contributed by atoms with Crippen LogP contribution in [0.15, 0.2) is 18.2 Å². The molecule has 0 radical (unpaired) electrons. The third-order valence-corrected chi connectivity index (χ3v) is 3.18. The summed E-state index contributed by atoms with van der Waals surface area (Å²) in [6, 6.07) is 9.01. The van der Waals surface area contributed by atoms with E-state index in [0.717, 1.165) is 12.8 Å². The molecule has 0 fully saturated rings. The second-order valence-corrected chi connectivity index (χ2v) is 4.78. The molecule has 1 nitrogen and oxygen atoms in total. The first kappa shape index (κ1) is 12.8. The van der Waals surface area contributed by atoms with Gasteiger partial charge in [0.25, 0.3) is 0 Å². The van der Waals surface area contributed by atoms with Crippen molar-refractivity contribution >= 4 is 0 Å². The van der Waals surface area contributed by atoms with Gasteiger partial charge >= 0.3 is 0 Å². The predicted octanol–water partition coefficient (Wildman–Crippen LogP) is 4.21. The SMILES string of the molecule is CCC(C#N)Cc1cc(C(C)C)ccc1C. The first-order valence-corrected chi connectivity index (χ1v) is 6.07. The minimum atomic E-state index is 0.154. The number of aryl methyl sites for hydroxylation is 1. The molecule has 0 bridgehead atoms. The molecule has 1 atom stereocenters. The van der Waals surface area contributed by atoms with Gasteiger partial charge in [-0.05, 0) is 42.4 Å². The molecule has 1 heteroatoms. The molecular weight excluding hydrogens is 194 g/mol. The molecule has 1 aromatic carbocycles. The van der Waals surface area contributed by atoms with Gasteiger partial charge in [0, 0.05) is 0 Å². The number of rotatable bonds is 4. The van der Waals surface area contributed by atoms with Crippen molar-refractivity contribution in [1.29, 1.82) is 5.26 Å². The first-order chi connectivity index (χ1) is 7.58. The van der Waals surface area contributed by atoms with Crippen LogP contribution in [0, 0.1) is 24.2 Å². The molecule has 1 rings (SSSR count). The average Bonchev–Trinajstić information content (AvgIpc) is 2.27. The fourth-order valence-corrected chi connectivity index (χ4v) is 1.82. The van der Waals surface area contributed by atoms with Gasteiger partial charge in [-0.3, -0.25) is 0 Å². The molecule has 1 unspecified atom stereocenters. The van der Waals surface area contributed by atoms with Crippen molar-refractivity contribution in [2.24, 2.45) is 5.92 Å². The topological polar surface area (TPSA) is 23.8 Å². The van der Waals surface area contributed by atoms with Crippen molar-refractivity contribution in [2.45, 2.75) is 46.5 Å². The van der Waals surface area contributed by atoms with Gasteiger partial charge in [-0.15, -0.1) is 0 Å². The van der Waals surface area contributed by atoms with Crippen LogP contribution in [0.4, 0.5) is 0 Å². The summed E-state index contributed by atoms with van der Waals surface area (Å²) >= 11 is 0. The predicted molar refractivity (Wildman–Crippen MR) is 68.4 cm³/mol. The van der Waals surface area contributed by atoms with E-state index in [2.05, 4.69) is 52.0 Å². The van der Waals surface area contributed by atoms with Crippen molar-refractivity contribution in [2.75, 3.05) is 0 Å². The van der Waals surface area contributed by atoms with Crippen molar-refractivity contribution in [3.63, 3.8) is 0 Å². The Kier molecular flexibility index (Phi) is 4.55. The molecule has 1 aromatic rings. The molecule has 0 saturated heterocycles. The second-order valence-electron chi connectivity index (χ2n) is 4.78. The van der Waals surface area contributed by atoms with Gasteiger partial charge in [-0.1, -0.05) is 39.0 Å². The highest BCUT2D eigenvalue weighted by atomic mass is 14.3. The summed E-state index contributed by atoms with van der Waals surface area (Å²) in [6.45, 7) is 8.62. The van der Waals surface area contributed by atoms with E-state index in [-0.39, 0.29) is 5.92 Å². The minimum Gasteiger partial charge on any atom is -0.198 e. The quantitative estimate of drug-likeness (QED) is 0.738. The molecule has 0 heterocycles. The summed E-state index contributed by atoms with van der Waals surface area (Å²) in [6.07, 6.45) is 1.82. The maximum absolute atomic E-state index is 9.01. The van der Waals surface area contributed by atoms with E-state index in [9.17, 15) is 0 Å². The van der Waals surface area contributed by atoms with Gasteiger partial charge in [-0.25, -0.2) is 0 Å². The molecule has 0 saturated carbocycles. The Bertz CT molecular complexity index is 385. The zero-order valence-electron chi connectivity index (χ0n) is 10.7. The Morgan fingerprint density at radius 3 is 2.50 bits per heavy atom. The Morgan fingerprint density at radius 2 is 2.00 bits per heavy atom. The molecule has 0 amide bonds. The molecule has 16 heavy (non-hydrogen) atoms. The third kappa shape index (κ3) is 3.10. The van der Waals surface area contributed by atoms with Gasteiger partial charge in [0.15, 0.2) is 0 Å². The van der Waals surface area contributed by atoms with Crippen LogP contribution < -0.4 is 0 Å². The van der Waals surface area contributed by atoms with E-state index in [0.29, 0.717) is 5.92 Å². The van der Waals surface area contributed by atoms with Gasteiger partial charge in [0.2, 0.25) is 0 Å². The lowest BCUT2D eigenvalue weighted by Gasteiger charge is -2.13. The van der Waals surface area contributed by atoms with Crippen LogP contribution in [0.3, 0.4) is 0 Å². The zero-order valence-corrected chi connectivity index (χ0v) is 10.7. The second kappa shape index (κ2) is 5.70. The molecular formula is C15H21N. The highest BCUT2D eigenvalue weighted by Gasteiger charge is 2.09. The summed E-state index contributed by atoms with van der Waals surface area (Å²) in [5.41, 5.74) is 4.01. The fraction of sp³-hybridized carbons (Fsp3) is 0.533. The maximum Gasteiger partial charge on any atom is 0.0659 e. The van der Waals surface area contributed by atoms with Crippen LogP contribution in [0.5, 0.6) is 0 Å². The summed E-state index contributed by atoms with van der Waals surface area (Å²) < 4.78 is 0. The summed E-state index contributed by atoms with van der Waals surface area (Å²) in [4.78, 5) is 0. The van der Waals surface area contributed by atoms with E-state index in [1.54, 1.807) is 0 Å². The smallest absolute Gasteiger partial charge is 0.0659 e. The summed E-state index contributed by atoms with van der Waals surface area (Å²) in [5, 5.41) is 9.01. The fourth-order valence-electron chi connectivity index (χ4n) is 1.82. The van der Waals surface area contributed by atoms with Crippen molar-refractivity contribution in [3.05, 3.63) is 34.9 Å². The Morgan fingerprint density at radius 1 is 1.31 bits per heavy atom. The molecule has 0 aromatic heterocycles. The minimum absolute atomic E-state index is 0.154. The molecule has 0 aliphatic carbocycles. The van der Waals surface area contributed by atoms with Crippen LogP contribution in [-0.4, -0.2) is 0 Å². The van der Waals surface area contributed by atoms with Crippen LogP contribution in [0.2, 0.25) is 0 Å². The van der Waals surface area contributed by atoms with E-state index >= 15 is 0 Å². The van der Waals surface area contributed by atoms with Crippen LogP contribution in [0.25, 0.3) is 0 Å². The standard InChI is InChI=1S/C15H21N/c1-5-13(10-16)8-15-9-14(11(2)3)7-6-12(15)4/h6-7,9,11,13H,5,8H2,1-4H3. The summed E-state index contributed by atoms with van der Waals surface area (Å²) in [7, 11) is 0. The monoisotopic (exact) mass is 215 g/mol. The van der Waals surface area contributed by atoms with Gasteiger partial charge in [0.1, 0.15) is 0 Å². The lowest BCUT2D eigenvalue weighted by molar-refractivity contribution is 0.635. The zero-order chi connectivity index (χ0) is 12.1. The van der Waals surface area contributed by atoms with Gasteiger partial charge in [-0.2, -0.15) is 5.26 Å². The Balaban J connectivity index is 2.94. The molecule has 0 aliphatic heterocycles. The molecule has 86 valence electrons. The van der Waals surface area contributed by atoms with E-state index in [4.69, 9.17) is 5.26 Å². The lowest BCUT2D eigenvalue weighted by atomic mass is 9.91. The average molecular weight is 215 g/mol. The van der Waals surface area contributed by atoms with Crippen LogP contribution in [0.1, 0.15) is 49.8 Å². The van der Waals surface area contributed by atoms with Crippen molar-refractivity contribution in [3.8, 4) is 6.07 Å². The maximum atomic E-state index is 9.01. The number of benzene rings is 1. The van der Waals surface area contributed by atoms with Gasteiger partial charge < -0.3 is 0 Å². The third-order valence-electron chi connectivity index (χ3n) is 3.18. The van der Waals surface area contributed by atoms with E-state index in [1.807, 2.05) is 0 Å². The summed E-state index contributed by atoms with van der Waals surface area (Å²) in [5.74, 6) is 0.711. The lowest BCUT2D eigenvalue weighted by Crippen LogP contribution is -2.03. The van der Waals surface area contributed by atoms with Crippen molar-refractivity contribution < 1.29 is 0 Å². The molecule has 0 N–H and O–H groups in total. The highest BCUT2D eigenvalue weighted by molar-refractivity contribution is 5.33. The number of nitrogens with zero attached hydrogens (tertiary/aromatic N) is 1. The van der Waals surface area contributed by atoms with Gasteiger partial charge in [0.05, 0.1) is 12.0 Å². The van der Waals surface area contributed by atoms with Crippen LogP contribution >= 0.6 is 0 Å². The highest BCUT2D eigenvalue weighted by Crippen LogP contribution is 2.21. The number of hydrogen-bond acceptors (Lipinski definition) is 1. The number of hydrogen-bond donors (Lipinski definition) is 0. The van der Waals surface area contributed by atoms with Crippen molar-refractivity contribution in [1.82, 2.24) is 0 Å². The first-order valence-electron chi connectivity index (χ1n) is 6.07. The molecule has 0 spiro atoms. The number of nitriles is 1. The molecule has 0 aliphatic rings. The van der Waals surface area contributed by atoms with E-state index < -0.39 is 0 Å². The largest absolute Gasteiger partial charge is 0.198 e. The van der Waals surface area contributed by atoms with E-state index in [1.165, 1.54) is 16.7 Å². The normalized spacial score (nSPS) is 12.5.